The fourth-order valence-electron chi connectivity index (χ4n) is 2.02. The van der Waals surface area contributed by atoms with E-state index < -0.39 is 5.60 Å². The maximum absolute atomic E-state index is 12.0. The Morgan fingerprint density at radius 2 is 1.90 bits per heavy atom. The zero-order chi connectivity index (χ0) is 15.6. The van der Waals surface area contributed by atoms with Crippen LogP contribution in [0.3, 0.4) is 0 Å². The van der Waals surface area contributed by atoms with Crippen LogP contribution < -0.4 is 10.6 Å². The minimum absolute atomic E-state index is 0.275. The maximum atomic E-state index is 12.0. The predicted octanol–water partition coefficient (Wildman–Crippen LogP) is 1.88. The van der Waals surface area contributed by atoms with Gasteiger partial charge in [-0.05, 0) is 36.7 Å². The molecule has 1 aliphatic rings. The van der Waals surface area contributed by atoms with E-state index >= 15 is 0 Å². The molecule has 0 atom stereocenters. The van der Waals surface area contributed by atoms with Crippen LogP contribution in [-0.4, -0.2) is 52.7 Å². The first kappa shape index (κ1) is 15.8. The molecule has 1 fully saturated rings. The van der Waals surface area contributed by atoms with Crippen molar-refractivity contribution in [2.75, 3.05) is 36.8 Å². The summed E-state index contributed by atoms with van der Waals surface area (Å²) in [4.78, 5) is 24.0. The number of hydrogen-bond donors (Lipinski definition) is 1. The lowest BCUT2D eigenvalue weighted by atomic mass is 10.2. The van der Waals surface area contributed by atoms with Crippen LogP contribution in [0.2, 0.25) is 0 Å². The fourth-order valence-corrected chi connectivity index (χ4v) is 2.48. The molecule has 1 aromatic heterocycles. The lowest BCUT2D eigenvalue weighted by Crippen LogP contribution is -2.50. The third-order valence-corrected chi connectivity index (χ3v) is 3.79. The Kier molecular flexibility index (Phi) is 4.55. The number of carbonyl (C=O) groups excluding carboxylic acids is 1. The van der Waals surface area contributed by atoms with E-state index in [1.807, 2.05) is 20.8 Å². The van der Waals surface area contributed by atoms with Crippen LogP contribution in [0.15, 0.2) is 10.8 Å². The molecular formula is C13H20BrN5O2. The lowest BCUT2D eigenvalue weighted by molar-refractivity contribution is 0.0240. The normalized spacial score (nSPS) is 16.0. The van der Waals surface area contributed by atoms with Crippen LogP contribution in [-0.2, 0) is 4.74 Å². The van der Waals surface area contributed by atoms with Crippen LogP contribution in [0.5, 0.6) is 0 Å². The molecule has 0 bridgehead atoms. The van der Waals surface area contributed by atoms with Crippen molar-refractivity contribution in [1.29, 1.82) is 0 Å². The summed E-state index contributed by atoms with van der Waals surface area (Å²) >= 11 is 3.40. The van der Waals surface area contributed by atoms with Crippen molar-refractivity contribution in [1.82, 2.24) is 14.9 Å². The Bertz CT molecular complexity index is 524. The topological polar surface area (TPSA) is 84.6 Å². The van der Waals surface area contributed by atoms with Gasteiger partial charge >= 0.3 is 6.09 Å². The molecule has 1 aromatic rings. The van der Waals surface area contributed by atoms with E-state index in [9.17, 15) is 4.79 Å². The van der Waals surface area contributed by atoms with E-state index in [1.165, 1.54) is 6.33 Å². The molecule has 116 valence electrons. The Hall–Kier alpha value is -1.57. The van der Waals surface area contributed by atoms with Crippen molar-refractivity contribution >= 4 is 33.7 Å². The molecule has 21 heavy (non-hydrogen) atoms. The van der Waals surface area contributed by atoms with Crippen molar-refractivity contribution < 1.29 is 9.53 Å². The molecule has 0 aromatic carbocycles. The first-order valence-electron chi connectivity index (χ1n) is 6.77. The number of nitrogens with two attached hydrogens (primary N) is 1. The summed E-state index contributed by atoms with van der Waals surface area (Å²) < 4.78 is 6.07. The first-order chi connectivity index (χ1) is 9.78. The number of anilines is 2. The quantitative estimate of drug-likeness (QED) is 0.825. The van der Waals surface area contributed by atoms with Crippen LogP contribution >= 0.6 is 15.9 Å². The lowest BCUT2D eigenvalue weighted by Gasteiger charge is -2.36. The van der Waals surface area contributed by atoms with Gasteiger partial charge in [-0.2, -0.15) is 0 Å². The molecule has 1 aliphatic heterocycles. The Morgan fingerprint density at radius 3 is 2.48 bits per heavy atom. The molecule has 1 saturated heterocycles. The average Bonchev–Trinajstić information content (AvgIpc) is 2.40. The zero-order valence-corrected chi connectivity index (χ0v) is 14.1. The molecule has 0 unspecified atom stereocenters. The first-order valence-corrected chi connectivity index (χ1v) is 7.56. The second-order valence-electron chi connectivity index (χ2n) is 5.85. The summed E-state index contributed by atoms with van der Waals surface area (Å²) in [7, 11) is 0. The van der Waals surface area contributed by atoms with E-state index in [1.54, 1.807) is 4.90 Å². The number of hydrogen-bond acceptors (Lipinski definition) is 6. The van der Waals surface area contributed by atoms with Gasteiger partial charge in [0.1, 0.15) is 28.0 Å². The number of nitrogens with zero attached hydrogens (tertiary/aromatic N) is 4. The highest BCUT2D eigenvalue weighted by Gasteiger charge is 2.27. The molecule has 8 heteroatoms. The SMILES string of the molecule is CC(C)(C)OC(=O)N1CCN(c2ncnc(N)c2Br)CC1. The predicted molar refractivity (Wildman–Crippen MR) is 84.2 cm³/mol. The van der Waals surface area contributed by atoms with E-state index in [2.05, 4.69) is 30.8 Å². The van der Waals surface area contributed by atoms with Gasteiger partial charge in [0, 0.05) is 26.2 Å². The van der Waals surface area contributed by atoms with Crippen molar-refractivity contribution in [2.24, 2.45) is 0 Å². The van der Waals surface area contributed by atoms with Gasteiger partial charge in [0.15, 0.2) is 0 Å². The summed E-state index contributed by atoms with van der Waals surface area (Å²) in [6.45, 7) is 8.12. The number of aromatic nitrogens is 2. The van der Waals surface area contributed by atoms with Crippen LogP contribution in [0, 0.1) is 0 Å². The maximum Gasteiger partial charge on any atom is 0.410 e. The van der Waals surface area contributed by atoms with E-state index in [4.69, 9.17) is 10.5 Å². The minimum atomic E-state index is -0.474. The van der Waals surface area contributed by atoms with Gasteiger partial charge in [0.25, 0.3) is 0 Å². The van der Waals surface area contributed by atoms with E-state index in [0.717, 1.165) is 5.82 Å². The van der Waals surface area contributed by atoms with Gasteiger partial charge in [-0.15, -0.1) is 0 Å². The molecule has 0 saturated carbocycles. The smallest absolute Gasteiger partial charge is 0.410 e. The van der Waals surface area contributed by atoms with Crippen molar-refractivity contribution in [3.8, 4) is 0 Å². The molecule has 2 heterocycles. The summed E-state index contributed by atoms with van der Waals surface area (Å²) in [5.74, 6) is 1.17. The van der Waals surface area contributed by atoms with Crippen molar-refractivity contribution in [2.45, 2.75) is 26.4 Å². The molecule has 7 nitrogen and oxygen atoms in total. The summed E-state index contributed by atoms with van der Waals surface area (Å²) in [5.41, 5.74) is 5.29. The van der Waals surface area contributed by atoms with Gasteiger partial charge in [-0.3, -0.25) is 0 Å². The van der Waals surface area contributed by atoms with Crippen LogP contribution in [0.25, 0.3) is 0 Å². The summed E-state index contributed by atoms with van der Waals surface area (Å²) in [6.07, 6.45) is 1.17. The highest BCUT2D eigenvalue weighted by atomic mass is 79.9. The summed E-state index contributed by atoms with van der Waals surface area (Å²) in [5, 5.41) is 0. The van der Waals surface area contributed by atoms with Gasteiger partial charge in [-0.25, -0.2) is 14.8 Å². The van der Waals surface area contributed by atoms with Gasteiger partial charge in [0.2, 0.25) is 0 Å². The highest BCUT2D eigenvalue weighted by Crippen LogP contribution is 2.28. The minimum Gasteiger partial charge on any atom is -0.444 e. The number of rotatable bonds is 1. The number of ether oxygens (including phenoxy) is 1. The molecule has 0 radical (unpaired) electrons. The van der Waals surface area contributed by atoms with Gasteiger partial charge < -0.3 is 20.3 Å². The number of amides is 1. The molecular weight excluding hydrogens is 338 g/mol. The number of nitrogen functional groups attached to an aromatic ring is 1. The third kappa shape index (κ3) is 3.96. The van der Waals surface area contributed by atoms with Gasteiger partial charge in [0.05, 0.1) is 0 Å². The van der Waals surface area contributed by atoms with Gasteiger partial charge in [-0.1, -0.05) is 0 Å². The van der Waals surface area contributed by atoms with Crippen LogP contribution in [0.1, 0.15) is 20.8 Å². The number of halogens is 1. The van der Waals surface area contributed by atoms with Crippen molar-refractivity contribution in [3.63, 3.8) is 0 Å². The second-order valence-corrected chi connectivity index (χ2v) is 6.64. The standard InChI is InChI=1S/C13H20BrN5O2/c1-13(2,3)21-12(20)19-6-4-18(5-7-19)11-9(14)10(15)16-8-17-11/h8H,4-7H2,1-3H3,(H2,15,16,17). The van der Waals surface area contributed by atoms with Crippen molar-refractivity contribution in [3.05, 3.63) is 10.8 Å². The number of piperazine rings is 1. The third-order valence-electron chi connectivity index (χ3n) is 3.03. The molecule has 2 N–H and O–H groups in total. The van der Waals surface area contributed by atoms with Crippen LogP contribution in [0.4, 0.5) is 16.4 Å². The second kappa shape index (κ2) is 6.05. The highest BCUT2D eigenvalue weighted by molar-refractivity contribution is 9.10. The molecule has 0 aliphatic carbocycles. The monoisotopic (exact) mass is 357 g/mol. The number of carbonyl (C=O) groups is 1. The average molecular weight is 358 g/mol. The Morgan fingerprint density at radius 1 is 1.29 bits per heavy atom. The zero-order valence-electron chi connectivity index (χ0n) is 12.5. The Balaban J connectivity index is 1.97. The van der Waals surface area contributed by atoms with E-state index in [-0.39, 0.29) is 6.09 Å². The molecule has 1 amide bonds. The van der Waals surface area contributed by atoms with E-state index in [0.29, 0.717) is 36.5 Å². The largest absolute Gasteiger partial charge is 0.444 e. The fraction of sp³-hybridized carbons (Fsp3) is 0.615. The molecule has 0 spiro atoms. The molecule has 2 rings (SSSR count). The Labute approximate surface area is 132 Å². The summed E-state index contributed by atoms with van der Waals surface area (Å²) in [6, 6.07) is 0.